The highest BCUT2D eigenvalue weighted by Crippen LogP contribution is 2.17. The molecule has 1 aliphatic rings. The van der Waals surface area contributed by atoms with Crippen molar-refractivity contribution >= 4 is 5.96 Å². The van der Waals surface area contributed by atoms with Crippen molar-refractivity contribution in [3.8, 4) is 0 Å². The zero-order chi connectivity index (χ0) is 20.8. The predicted octanol–water partition coefficient (Wildman–Crippen LogP) is 2.64. The number of nitrogens with zero attached hydrogens (tertiary/aromatic N) is 3. The minimum Gasteiger partial charge on any atom is -0.382 e. The third-order valence-electron chi connectivity index (χ3n) is 5.10. The van der Waals surface area contributed by atoms with Crippen LogP contribution in [0.2, 0.25) is 0 Å². The molecule has 2 atom stereocenters. The lowest BCUT2D eigenvalue weighted by Crippen LogP contribution is -2.44. The predicted molar refractivity (Wildman–Crippen MR) is 119 cm³/mol. The van der Waals surface area contributed by atoms with Crippen molar-refractivity contribution in [1.82, 2.24) is 15.1 Å². The molecular weight excluding hydrogens is 352 g/mol. The SMILES string of the molecule is C=CCN(CC=C)C(CN=C(NCC)N1CCC(COCCOC)C1)C(C)C. The molecule has 0 spiro atoms. The Kier molecular flexibility index (Phi) is 12.9. The van der Waals surface area contributed by atoms with Gasteiger partial charge in [-0.2, -0.15) is 0 Å². The Balaban J connectivity index is 2.70. The van der Waals surface area contributed by atoms with Crippen molar-refractivity contribution < 1.29 is 9.47 Å². The molecule has 1 heterocycles. The number of methoxy groups -OCH3 is 1. The highest BCUT2D eigenvalue weighted by molar-refractivity contribution is 5.80. The van der Waals surface area contributed by atoms with Crippen molar-refractivity contribution in [3.63, 3.8) is 0 Å². The van der Waals surface area contributed by atoms with E-state index in [9.17, 15) is 0 Å². The number of nitrogens with one attached hydrogen (secondary N) is 1. The van der Waals surface area contributed by atoms with Gasteiger partial charge in [0.05, 0.1) is 26.4 Å². The molecule has 1 fully saturated rings. The summed E-state index contributed by atoms with van der Waals surface area (Å²) in [6.45, 7) is 21.9. The molecule has 162 valence electrons. The van der Waals surface area contributed by atoms with Gasteiger partial charge in [0.25, 0.3) is 0 Å². The molecule has 28 heavy (non-hydrogen) atoms. The smallest absolute Gasteiger partial charge is 0.193 e. The average Bonchev–Trinajstić information content (AvgIpc) is 3.13. The molecular formula is C22H42N4O2. The Labute approximate surface area is 172 Å². The van der Waals surface area contributed by atoms with Gasteiger partial charge < -0.3 is 19.7 Å². The van der Waals surface area contributed by atoms with Crippen LogP contribution in [-0.2, 0) is 9.47 Å². The van der Waals surface area contributed by atoms with Crippen LogP contribution in [0.15, 0.2) is 30.3 Å². The molecule has 0 aromatic rings. The van der Waals surface area contributed by atoms with E-state index in [-0.39, 0.29) is 0 Å². The van der Waals surface area contributed by atoms with E-state index in [1.165, 1.54) is 0 Å². The Morgan fingerprint density at radius 3 is 2.57 bits per heavy atom. The van der Waals surface area contributed by atoms with Gasteiger partial charge in [-0.1, -0.05) is 26.0 Å². The van der Waals surface area contributed by atoms with Gasteiger partial charge in [0.15, 0.2) is 5.96 Å². The molecule has 1 aliphatic heterocycles. The Bertz CT molecular complexity index is 457. The van der Waals surface area contributed by atoms with Crippen molar-refractivity contribution in [2.24, 2.45) is 16.8 Å². The number of aliphatic imine (C=N–C) groups is 1. The highest BCUT2D eigenvalue weighted by atomic mass is 16.5. The van der Waals surface area contributed by atoms with Crippen LogP contribution in [0.3, 0.4) is 0 Å². The molecule has 0 saturated carbocycles. The van der Waals surface area contributed by atoms with Crippen LogP contribution >= 0.6 is 0 Å². The van der Waals surface area contributed by atoms with Gasteiger partial charge in [-0.15, -0.1) is 13.2 Å². The molecule has 0 aromatic heterocycles. The number of hydrogen-bond donors (Lipinski definition) is 1. The van der Waals surface area contributed by atoms with Crippen molar-refractivity contribution in [2.75, 3.05) is 66.2 Å². The number of ether oxygens (including phenoxy) is 2. The number of likely N-dealkylation sites (tertiary alicyclic amines) is 1. The lowest BCUT2D eigenvalue weighted by molar-refractivity contribution is 0.0536. The van der Waals surface area contributed by atoms with Gasteiger partial charge in [-0.05, 0) is 19.3 Å². The van der Waals surface area contributed by atoms with Crippen LogP contribution in [0.4, 0.5) is 0 Å². The molecule has 1 N–H and O–H groups in total. The lowest BCUT2D eigenvalue weighted by Gasteiger charge is -2.32. The molecule has 0 radical (unpaired) electrons. The summed E-state index contributed by atoms with van der Waals surface area (Å²) >= 11 is 0. The quantitative estimate of drug-likeness (QED) is 0.212. The summed E-state index contributed by atoms with van der Waals surface area (Å²) in [6, 6.07) is 0.362. The summed E-state index contributed by atoms with van der Waals surface area (Å²) < 4.78 is 10.8. The molecule has 0 aliphatic carbocycles. The first-order valence-electron chi connectivity index (χ1n) is 10.6. The number of rotatable bonds is 14. The van der Waals surface area contributed by atoms with Gasteiger partial charge in [-0.3, -0.25) is 9.89 Å². The summed E-state index contributed by atoms with van der Waals surface area (Å²) in [5.41, 5.74) is 0. The van der Waals surface area contributed by atoms with E-state index in [1.54, 1.807) is 7.11 Å². The fourth-order valence-corrected chi connectivity index (χ4v) is 3.58. The zero-order valence-corrected chi connectivity index (χ0v) is 18.5. The largest absolute Gasteiger partial charge is 0.382 e. The van der Waals surface area contributed by atoms with Crippen LogP contribution < -0.4 is 5.32 Å². The second kappa shape index (κ2) is 14.6. The van der Waals surface area contributed by atoms with E-state index in [2.05, 4.69) is 49.0 Å². The minimum absolute atomic E-state index is 0.362. The van der Waals surface area contributed by atoms with Gasteiger partial charge in [0.1, 0.15) is 0 Å². The third kappa shape index (κ3) is 8.76. The summed E-state index contributed by atoms with van der Waals surface area (Å²) in [6.07, 6.45) is 5.06. The maximum absolute atomic E-state index is 5.72. The van der Waals surface area contributed by atoms with E-state index < -0.39 is 0 Å². The maximum atomic E-state index is 5.72. The first-order valence-corrected chi connectivity index (χ1v) is 10.6. The van der Waals surface area contributed by atoms with E-state index in [1.807, 2.05) is 12.2 Å². The summed E-state index contributed by atoms with van der Waals surface area (Å²) in [5.74, 6) is 2.08. The van der Waals surface area contributed by atoms with Crippen LogP contribution in [-0.4, -0.2) is 88.0 Å². The average molecular weight is 395 g/mol. The fraction of sp³-hybridized carbons (Fsp3) is 0.773. The fourth-order valence-electron chi connectivity index (χ4n) is 3.58. The van der Waals surface area contributed by atoms with E-state index in [0.29, 0.717) is 31.1 Å². The summed E-state index contributed by atoms with van der Waals surface area (Å²) in [5, 5.41) is 3.47. The second-order valence-electron chi connectivity index (χ2n) is 7.71. The molecule has 1 rings (SSSR count). The van der Waals surface area contributed by atoms with Crippen molar-refractivity contribution in [2.45, 2.75) is 33.2 Å². The van der Waals surface area contributed by atoms with Gasteiger partial charge in [-0.25, -0.2) is 0 Å². The molecule has 0 bridgehead atoms. The number of hydrogen-bond acceptors (Lipinski definition) is 4. The highest BCUT2D eigenvalue weighted by Gasteiger charge is 2.26. The van der Waals surface area contributed by atoms with Crippen LogP contribution in [0.25, 0.3) is 0 Å². The molecule has 1 saturated heterocycles. The van der Waals surface area contributed by atoms with Crippen molar-refractivity contribution in [3.05, 3.63) is 25.3 Å². The Hall–Kier alpha value is -1.37. The first-order chi connectivity index (χ1) is 13.6. The molecule has 2 unspecified atom stereocenters. The van der Waals surface area contributed by atoms with E-state index in [0.717, 1.165) is 58.3 Å². The Morgan fingerprint density at radius 1 is 1.29 bits per heavy atom. The van der Waals surface area contributed by atoms with Crippen LogP contribution in [0.1, 0.15) is 27.2 Å². The molecule has 0 aromatic carbocycles. The normalized spacial score (nSPS) is 18.7. The first kappa shape index (κ1) is 24.7. The van der Waals surface area contributed by atoms with E-state index >= 15 is 0 Å². The molecule has 6 heteroatoms. The zero-order valence-electron chi connectivity index (χ0n) is 18.5. The monoisotopic (exact) mass is 394 g/mol. The summed E-state index contributed by atoms with van der Waals surface area (Å²) in [7, 11) is 1.70. The lowest BCUT2D eigenvalue weighted by atomic mass is 10.0. The van der Waals surface area contributed by atoms with Gasteiger partial charge in [0.2, 0.25) is 0 Å². The number of guanidine groups is 1. The molecule has 6 nitrogen and oxygen atoms in total. The van der Waals surface area contributed by atoms with Crippen molar-refractivity contribution in [1.29, 1.82) is 0 Å². The summed E-state index contributed by atoms with van der Waals surface area (Å²) in [4.78, 5) is 9.78. The van der Waals surface area contributed by atoms with Crippen LogP contribution in [0.5, 0.6) is 0 Å². The minimum atomic E-state index is 0.362. The van der Waals surface area contributed by atoms with Gasteiger partial charge >= 0.3 is 0 Å². The van der Waals surface area contributed by atoms with E-state index in [4.69, 9.17) is 14.5 Å². The maximum Gasteiger partial charge on any atom is 0.193 e. The van der Waals surface area contributed by atoms with Crippen LogP contribution in [0, 0.1) is 11.8 Å². The standard InChI is InChI=1S/C22H42N4O2/c1-7-11-25(12-8-2)21(19(4)5)16-24-22(23-9-3)26-13-10-20(17-26)18-28-15-14-27-6/h7-8,19-21H,1-2,9-18H2,3-6H3,(H,23,24). The third-order valence-corrected chi connectivity index (χ3v) is 5.10. The second-order valence-corrected chi connectivity index (χ2v) is 7.71. The van der Waals surface area contributed by atoms with Gasteiger partial charge in [0, 0.05) is 51.8 Å². The molecule has 0 amide bonds. The topological polar surface area (TPSA) is 49.3 Å². The Morgan fingerprint density at radius 2 is 2.00 bits per heavy atom.